The third-order valence-corrected chi connectivity index (χ3v) is 3.10. The first-order valence-corrected chi connectivity index (χ1v) is 6.66. The summed E-state index contributed by atoms with van der Waals surface area (Å²) in [5.41, 5.74) is 0.405. The summed E-state index contributed by atoms with van der Waals surface area (Å²) < 4.78 is 14.6. The molecular formula is C13H17ClO6. The van der Waals surface area contributed by atoms with Crippen LogP contribution >= 0.6 is 11.6 Å². The first-order valence-electron chi connectivity index (χ1n) is 6.29. The van der Waals surface area contributed by atoms with Crippen molar-refractivity contribution in [1.82, 2.24) is 0 Å². The lowest BCUT2D eigenvalue weighted by atomic mass is 9.87. The van der Waals surface area contributed by atoms with Crippen LogP contribution in [0.4, 0.5) is 0 Å². The van der Waals surface area contributed by atoms with Crippen LogP contribution in [-0.4, -0.2) is 37.7 Å². The van der Waals surface area contributed by atoms with E-state index in [1.165, 1.54) is 0 Å². The average molecular weight is 305 g/mol. The molecule has 0 radical (unpaired) electrons. The molecule has 1 saturated heterocycles. The molecule has 0 spiro atoms. The Morgan fingerprint density at radius 3 is 2.20 bits per heavy atom. The van der Waals surface area contributed by atoms with Crippen LogP contribution in [0.2, 0.25) is 0 Å². The van der Waals surface area contributed by atoms with Crippen LogP contribution in [0, 0.1) is 11.8 Å². The van der Waals surface area contributed by atoms with Crippen LogP contribution in [0.3, 0.4) is 0 Å². The molecule has 0 aromatic carbocycles. The van der Waals surface area contributed by atoms with Crippen LogP contribution < -0.4 is 0 Å². The number of esters is 3. The van der Waals surface area contributed by atoms with Crippen molar-refractivity contribution in [2.45, 2.75) is 20.8 Å². The van der Waals surface area contributed by atoms with Gasteiger partial charge in [-0.1, -0.05) is 11.6 Å². The van der Waals surface area contributed by atoms with Crippen molar-refractivity contribution in [3.05, 3.63) is 10.6 Å². The number of rotatable bonds is 5. The van der Waals surface area contributed by atoms with E-state index in [9.17, 15) is 14.4 Å². The Bertz CT molecular complexity index is 420. The summed E-state index contributed by atoms with van der Waals surface area (Å²) in [7, 11) is 0. The molecule has 0 saturated carbocycles. The van der Waals surface area contributed by atoms with Gasteiger partial charge in [0.2, 0.25) is 0 Å². The number of allylic oxidation sites excluding steroid dienone is 1. The van der Waals surface area contributed by atoms with Crippen molar-refractivity contribution < 1.29 is 28.6 Å². The zero-order valence-electron chi connectivity index (χ0n) is 11.6. The number of cyclic esters (lactones) is 1. The Morgan fingerprint density at radius 1 is 1.30 bits per heavy atom. The van der Waals surface area contributed by atoms with Gasteiger partial charge in [0.1, 0.15) is 12.5 Å². The molecule has 1 fully saturated rings. The van der Waals surface area contributed by atoms with Crippen molar-refractivity contribution >= 4 is 29.5 Å². The average Bonchev–Trinajstić information content (AvgIpc) is 2.73. The second kappa shape index (κ2) is 7.28. The maximum Gasteiger partial charge on any atom is 0.321 e. The fourth-order valence-corrected chi connectivity index (χ4v) is 2.13. The monoisotopic (exact) mass is 304 g/mol. The zero-order valence-corrected chi connectivity index (χ0v) is 12.4. The summed E-state index contributed by atoms with van der Waals surface area (Å²) in [4.78, 5) is 35.7. The van der Waals surface area contributed by atoms with Gasteiger partial charge in [0.05, 0.1) is 13.2 Å². The largest absolute Gasteiger partial charge is 0.465 e. The van der Waals surface area contributed by atoms with Crippen molar-refractivity contribution in [1.29, 1.82) is 0 Å². The molecule has 1 unspecified atom stereocenters. The van der Waals surface area contributed by atoms with E-state index >= 15 is 0 Å². The van der Waals surface area contributed by atoms with E-state index in [-0.39, 0.29) is 19.8 Å². The molecule has 1 rings (SSSR count). The Kier molecular flexibility index (Phi) is 6.01. The van der Waals surface area contributed by atoms with Gasteiger partial charge in [0, 0.05) is 5.03 Å². The molecule has 1 aliphatic rings. The van der Waals surface area contributed by atoms with Gasteiger partial charge in [0.15, 0.2) is 5.92 Å². The molecule has 0 amide bonds. The van der Waals surface area contributed by atoms with Crippen LogP contribution in [0.15, 0.2) is 10.6 Å². The SMILES string of the molecule is CCOC(=O)C(C(=O)OCC)C1C(=O)OC/C1=C(\C)Cl. The topological polar surface area (TPSA) is 78.9 Å². The molecule has 0 bridgehead atoms. The maximum absolute atomic E-state index is 12.0. The fourth-order valence-electron chi connectivity index (χ4n) is 1.95. The molecule has 0 aliphatic carbocycles. The molecule has 7 heteroatoms. The molecule has 0 N–H and O–H groups in total. The van der Waals surface area contributed by atoms with E-state index in [1.54, 1.807) is 20.8 Å². The van der Waals surface area contributed by atoms with E-state index in [4.69, 9.17) is 25.8 Å². The standard InChI is InChI=1S/C13H17ClO6/c1-4-18-12(16)10(13(17)19-5-2)9-8(7(3)14)6-20-11(9)15/h9-10H,4-6H2,1-3H3/b8-7-. The minimum absolute atomic E-state index is 0.0336. The van der Waals surface area contributed by atoms with Gasteiger partial charge in [-0.15, -0.1) is 0 Å². The Hall–Kier alpha value is -1.56. The quantitative estimate of drug-likeness (QED) is 0.434. The molecule has 1 aliphatic heterocycles. The van der Waals surface area contributed by atoms with Crippen molar-refractivity contribution in [2.75, 3.05) is 19.8 Å². The number of hydrogen-bond donors (Lipinski definition) is 0. The lowest BCUT2D eigenvalue weighted by molar-refractivity contribution is -0.167. The highest BCUT2D eigenvalue weighted by Gasteiger charge is 2.48. The third kappa shape index (κ3) is 3.50. The van der Waals surface area contributed by atoms with Gasteiger partial charge in [-0.3, -0.25) is 14.4 Å². The normalized spacial score (nSPS) is 20.6. The van der Waals surface area contributed by atoms with Crippen molar-refractivity contribution in [2.24, 2.45) is 11.8 Å². The minimum atomic E-state index is -1.38. The molecular weight excluding hydrogens is 288 g/mol. The lowest BCUT2D eigenvalue weighted by Gasteiger charge is -2.18. The summed E-state index contributed by atoms with van der Waals surface area (Å²) in [6.07, 6.45) is 0. The summed E-state index contributed by atoms with van der Waals surface area (Å²) >= 11 is 5.89. The summed E-state index contributed by atoms with van der Waals surface area (Å²) in [5.74, 6) is -4.76. The lowest BCUT2D eigenvalue weighted by Crippen LogP contribution is -2.37. The van der Waals surface area contributed by atoms with E-state index in [1.807, 2.05) is 0 Å². The number of halogens is 1. The van der Waals surface area contributed by atoms with E-state index < -0.39 is 29.7 Å². The third-order valence-electron chi connectivity index (χ3n) is 2.86. The van der Waals surface area contributed by atoms with Gasteiger partial charge < -0.3 is 14.2 Å². The van der Waals surface area contributed by atoms with Crippen LogP contribution in [0.25, 0.3) is 0 Å². The van der Waals surface area contributed by atoms with Crippen LogP contribution in [0.5, 0.6) is 0 Å². The second-order valence-corrected chi connectivity index (χ2v) is 4.69. The molecule has 1 heterocycles. The number of ether oxygens (including phenoxy) is 3. The number of carbonyl (C=O) groups is 3. The van der Waals surface area contributed by atoms with Crippen LogP contribution in [-0.2, 0) is 28.6 Å². The maximum atomic E-state index is 12.0. The minimum Gasteiger partial charge on any atom is -0.465 e. The Labute approximate surface area is 122 Å². The molecule has 0 aromatic heterocycles. The van der Waals surface area contributed by atoms with Crippen LogP contribution in [0.1, 0.15) is 20.8 Å². The highest BCUT2D eigenvalue weighted by molar-refractivity contribution is 6.30. The smallest absolute Gasteiger partial charge is 0.321 e. The van der Waals surface area contributed by atoms with Gasteiger partial charge in [-0.25, -0.2) is 0 Å². The summed E-state index contributed by atoms with van der Waals surface area (Å²) in [6, 6.07) is 0. The molecule has 20 heavy (non-hydrogen) atoms. The van der Waals surface area contributed by atoms with E-state index in [0.29, 0.717) is 10.6 Å². The molecule has 6 nitrogen and oxygen atoms in total. The fraction of sp³-hybridized carbons (Fsp3) is 0.615. The Morgan fingerprint density at radius 2 is 1.80 bits per heavy atom. The number of hydrogen-bond acceptors (Lipinski definition) is 6. The van der Waals surface area contributed by atoms with Gasteiger partial charge in [0.25, 0.3) is 0 Å². The predicted octanol–water partition coefficient (Wildman–Crippen LogP) is 1.41. The molecule has 1 atom stereocenters. The zero-order chi connectivity index (χ0) is 15.3. The second-order valence-electron chi connectivity index (χ2n) is 4.13. The summed E-state index contributed by atoms with van der Waals surface area (Å²) in [5, 5.41) is 0.319. The predicted molar refractivity (Wildman–Crippen MR) is 69.8 cm³/mol. The first-order chi connectivity index (χ1) is 9.43. The van der Waals surface area contributed by atoms with Gasteiger partial charge in [-0.05, 0) is 26.3 Å². The van der Waals surface area contributed by atoms with Crippen molar-refractivity contribution in [3.63, 3.8) is 0 Å². The van der Waals surface area contributed by atoms with Gasteiger partial charge in [-0.2, -0.15) is 0 Å². The summed E-state index contributed by atoms with van der Waals surface area (Å²) in [6.45, 7) is 4.94. The Balaban J connectivity index is 3.14. The highest BCUT2D eigenvalue weighted by atomic mass is 35.5. The number of carbonyl (C=O) groups excluding carboxylic acids is 3. The van der Waals surface area contributed by atoms with Gasteiger partial charge >= 0.3 is 17.9 Å². The van der Waals surface area contributed by atoms with Crippen molar-refractivity contribution in [3.8, 4) is 0 Å². The highest BCUT2D eigenvalue weighted by Crippen LogP contribution is 2.33. The first kappa shape index (κ1) is 16.5. The van der Waals surface area contributed by atoms with E-state index in [0.717, 1.165) is 0 Å². The van der Waals surface area contributed by atoms with E-state index in [2.05, 4.69) is 0 Å². The molecule has 0 aromatic rings. The molecule has 112 valence electrons.